The summed E-state index contributed by atoms with van der Waals surface area (Å²) in [6.45, 7) is 4.27. The lowest BCUT2D eigenvalue weighted by molar-refractivity contribution is -0.145. The number of nitrogens with zero attached hydrogens (tertiary/aromatic N) is 2. The van der Waals surface area contributed by atoms with Gasteiger partial charge in [0.15, 0.2) is 0 Å². The molecule has 178 valence electrons. The van der Waals surface area contributed by atoms with E-state index in [0.29, 0.717) is 19.7 Å². The van der Waals surface area contributed by atoms with Crippen LogP contribution in [0.25, 0.3) is 0 Å². The molecule has 0 aliphatic carbocycles. The van der Waals surface area contributed by atoms with E-state index in [-0.39, 0.29) is 19.1 Å². The monoisotopic (exact) mass is 428 g/mol. The Morgan fingerprint density at radius 3 is 1.50 bits per heavy atom. The first-order valence-electron chi connectivity index (χ1n) is 12.2. The van der Waals surface area contributed by atoms with Crippen molar-refractivity contribution in [3.8, 4) is 0 Å². The first-order valence-corrected chi connectivity index (χ1v) is 12.2. The summed E-state index contributed by atoms with van der Waals surface area (Å²) in [6.07, 6.45) is 18.4. The van der Waals surface area contributed by atoms with Gasteiger partial charge in [-0.2, -0.15) is 0 Å². The topological polar surface area (TPSA) is 70.1 Å². The number of carboxylic acids is 1. The van der Waals surface area contributed by atoms with Crippen LogP contribution in [0.3, 0.4) is 0 Å². The van der Waals surface area contributed by atoms with Crippen molar-refractivity contribution in [3.63, 3.8) is 0 Å². The van der Waals surface area contributed by atoms with Crippen molar-refractivity contribution in [2.75, 3.05) is 46.9 Å². The first kappa shape index (κ1) is 28.9. The van der Waals surface area contributed by atoms with E-state index in [1.165, 1.54) is 77.0 Å². The number of unbranched alkanes of at least 4 members (excludes halogenated alkanes) is 13. The second-order valence-corrected chi connectivity index (χ2v) is 8.69. The van der Waals surface area contributed by atoms with Crippen LogP contribution in [0.15, 0.2) is 0 Å². The molecule has 0 aliphatic rings. The summed E-state index contributed by atoms with van der Waals surface area (Å²) in [6, 6.07) is 0. The van der Waals surface area contributed by atoms with Crippen LogP contribution in [-0.4, -0.2) is 73.7 Å². The molecule has 1 N–H and O–H groups in total. The molecule has 0 unspecified atom stereocenters. The smallest absolute Gasteiger partial charge is 0.320 e. The van der Waals surface area contributed by atoms with Gasteiger partial charge in [-0.3, -0.25) is 19.4 Å². The van der Waals surface area contributed by atoms with Gasteiger partial charge in [0.25, 0.3) is 0 Å². The summed E-state index contributed by atoms with van der Waals surface area (Å²) in [5, 5.41) is 8.73. The number of hydrogen-bond donors (Lipinski definition) is 1. The molecule has 0 aromatic rings. The Hall–Kier alpha value is -1.14. The highest BCUT2D eigenvalue weighted by molar-refractivity contribution is 5.71. The maximum atomic E-state index is 11.8. The summed E-state index contributed by atoms with van der Waals surface area (Å²) >= 11 is 0. The number of likely N-dealkylation sites (N-methyl/N-ethyl adjacent to an activating group) is 2. The summed E-state index contributed by atoms with van der Waals surface area (Å²) in [4.78, 5) is 26.0. The van der Waals surface area contributed by atoms with Gasteiger partial charge in [-0.15, -0.1) is 0 Å². The highest BCUT2D eigenvalue weighted by atomic mass is 16.5. The van der Waals surface area contributed by atoms with E-state index < -0.39 is 5.97 Å². The lowest BCUT2D eigenvalue weighted by atomic mass is 10.0. The van der Waals surface area contributed by atoms with E-state index in [1.54, 1.807) is 11.9 Å². The summed E-state index contributed by atoms with van der Waals surface area (Å²) in [7, 11) is 3.61. The van der Waals surface area contributed by atoms with Crippen LogP contribution in [0.2, 0.25) is 0 Å². The molecule has 0 amide bonds. The number of carbonyl (C=O) groups excluding carboxylic acids is 1. The SMILES string of the molecule is CCCCCCCCCCCCCCCCOC(=O)CN(C)CCN(C)CC(=O)O. The van der Waals surface area contributed by atoms with Gasteiger partial charge >= 0.3 is 11.9 Å². The molecule has 0 heterocycles. The molecule has 0 aliphatic heterocycles. The van der Waals surface area contributed by atoms with Gasteiger partial charge in [0.2, 0.25) is 0 Å². The molecule has 0 aromatic carbocycles. The molecule has 0 rings (SSSR count). The number of esters is 1. The van der Waals surface area contributed by atoms with E-state index in [1.807, 2.05) is 11.9 Å². The second-order valence-electron chi connectivity index (χ2n) is 8.69. The summed E-state index contributed by atoms with van der Waals surface area (Å²) in [5.41, 5.74) is 0. The minimum Gasteiger partial charge on any atom is -0.480 e. The Kier molecular flexibility index (Phi) is 20.3. The number of hydrogen-bond acceptors (Lipinski definition) is 5. The van der Waals surface area contributed by atoms with Crippen LogP contribution in [0.5, 0.6) is 0 Å². The molecule has 0 spiro atoms. The van der Waals surface area contributed by atoms with Gasteiger partial charge < -0.3 is 9.84 Å². The zero-order valence-corrected chi connectivity index (χ0v) is 20.0. The Bertz CT molecular complexity index is 418. The highest BCUT2D eigenvalue weighted by Crippen LogP contribution is 2.12. The average molecular weight is 429 g/mol. The molecule has 6 nitrogen and oxygen atoms in total. The van der Waals surface area contributed by atoms with E-state index >= 15 is 0 Å². The van der Waals surface area contributed by atoms with Crippen LogP contribution >= 0.6 is 0 Å². The zero-order chi connectivity index (χ0) is 22.5. The summed E-state index contributed by atoms with van der Waals surface area (Å²) < 4.78 is 5.30. The molecule has 0 fully saturated rings. The fourth-order valence-corrected chi connectivity index (χ4v) is 3.48. The van der Waals surface area contributed by atoms with Crippen LogP contribution < -0.4 is 0 Å². The van der Waals surface area contributed by atoms with E-state index in [9.17, 15) is 9.59 Å². The van der Waals surface area contributed by atoms with Gasteiger partial charge in [-0.05, 0) is 20.5 Å². The van der Waals surface area contributed by atoms with Gasteiger partial charge in [0.1, 0.15) is 0 Å². The molecular formula is C24H48N2O4. The predicted octanol–water partition coefficient (Wildman–Crippen LogP) is 4.96. The standard InChI is InChI=1S/C24H48N2O4/c1-4-5-6-7-8-9-10-11-12-13-14-15-16-17-20-30-24(29)22-26(3)19-18-25(2)21-23(27)28/h4-22H2,1-3H3,(H,27,28). The minimum absolute atomic E-state index is 0.0113. The van der Waals surface area contributed by atoms with Crippen molar-refractivity contribution in [1.29, 1.82) is 0 Å². The fourth-order valence-electron chi connectivity index (χ4n) is 3.48. The number of carbonyl (C=O) groups is 2. The van der Waals surface area contributed by atoms with E-state index in [2.05, 4.69) is 6.92 Å². The van der Waals surface area contributed by atoms with Crippen molar-refractivity contribution < 1.29 is 19.4 Å². The molecule has 0 atom stereocenters. The van der Waals surface area contributed by atoms with Gasteiger partial charge in [-0.25, -0.2) is 0 Å². The van der Waals surface area contributed by atoms with Crippen LogP contribution in [0, 0.1) is 0 Å². The maximum Gasteiger partial charge on any atom is 0.320 e. The third kappa shape index (κ3) is 21.6. The Morgan fingerprint density at radius 2 is 1.07 bits per heavy atom. The van der Waals surface area contributed by atoms with Crippen LogP contribution in [0.1, 0.15) is 96.8 Å². The van der Waals surface area contributed by atoms with Crippen molar-refractivity contribution in [3.05, 3.63) is 0 Å². The zero-order valence-electron chi connectivity index (χ0n) is 20.0. The molecule has 0 aromatic heterocycles. The number of carboxylic acid groups (broad SMARTS) is 1. The Labute approximate surface area is 185 Å². The normalized spacial score (nSPS) is 11.4. The second kappa shape index (κ2) is 21.1. The largest absolute Gasteiger partial charge is 0.480 e. The van der Waals surface area contributed by atoms with Crippen molar-refractivity contribution >= 4 is 11.9 Å². The molecular weight excluding hydrogens is 380 g/mol. The molecule has 0 saturated heterocycles. The van der Waals surface area contributed by atoms with Crippen molar-refractivity contribution in [2.45, 2.75) is 96.8 Å². The van der Waals surface area contributed by atoms with Crippen LogP contribution in [0.4, 0.5) is 0 Å². The maximum absolute atomic E-state index is 11.8. The number of ether oxygens (including phenoxy) is 1. The van der Waals surface area contributed by atoms with Crippen molar-refractivity contribution in [1.82, 2.24) is 9.80 Å². The molecule has 6 heteroatoms. The average Bonchev–Trinajstić information content (AvgIpc) is 2.69. The number of aliphatic carboxylic acids is 1. The van der Waals surface area contributed by atoms with Gasteiger partial charge in [0, 0.05) is 13.1 Å². The fraction of sp³-hybridized carbons (Fsp3) is 0.917. The third-order valence-electron chi connectivity index (χ3n) is 5.43. The van der Waals surface area contributed by atoms with Gasteiger partial charge in [0.05, 0.1) is 19.7 Å². The predicted molar refractivity (Wildman–Crippen MR) is 124 cm³/mol. The van der Waals surface area contributed by atoms with Crippen molar-refractivity contribution in [2.24, 2.45) is 0 Å². The Balaban J connectivity index is 3.35. The minimum atomic E-state index is -0.840. The Morgan fingerprint density at radius 1 is 0.667 bits per heavy atom. The van der Waals surface area contributed by atoms with E-state index in [0.717, 1.165) is 12.8 Å². The molecule has 0 radical (unpaired) electrons. The third-order valence-corrected chi connectivity index (χ3v) is 5.43. The summed E-state index contributed by atoms with van der Waals surface area (Å²) in [5.74, 6) is -1.04. The van der Waals surface area contributed by atoms with Gasteiger partial charge in [-0.1, -0.05) is 90.4 Å². The highest BCUT2D eigenvalue weighted by Gasteiger charge is 2.10. The number of rotatable bonds is 22. The van der Waals surface area contributed by atoms with Crippen LogP contribution in [-0.2, 0) is 14.3 Å². The lowest BCUT2D eigenvalue weighted by Gasteiger charge is -2.20. The molecule has 0 bridgehead atoms. The quantitative estimate of drug-likeness (QED) is 0.194. The lowest BCUT2D eigenvalue weighted by Crippen LogP contribution is -2.36. The molecule has 30 heavy (non-hydrogen) atoms. The molecule has 0 saturated carbocycles. The van der Waals surface area contributed by atoms with E-state index in [4.69, 9.17) is 9.84 Å². The first-order chi connectivity index (χ1) is 14.5.